The fourth-order valence-corrected chi connectivity index (χ4v) is 4.96. The molecular weight excluding hydrogens is 424 g/mol. The lowest BCUT2D eigenvalue weighted by Gasteiger charge is -2.21. The number of hydrogen-bond donors (Lipinski definition) is 0. The van der Waals surface area contributed by atoms with Gasteiger partial charge in [-0.05, 0) is 61.6 Å². The molecule has 0 bridgehead atoms. The molecule has 1 aromatic heterocycles. The van der Waals surface area contributed by atoms with Crippen LogP contribution < -0.4 is 14.4 Å². The Morgan fingerprint density at radius 2 is 1.97 bits per heavy atom. The van der Waals surface area contributed by atoms with Crippen LogP contribution in [-0.4, -0.2) is 44.4 Å². The zero-order valence-corrected chi connectivity index (χ0v) is 19.7. The van der Waals surface area contributed by atoms with Gasteiger partial charge in [0.25, 0.3) is 5.91 Å². The van der Waals surface area contributed by atoms with Gasteiger partial charge in [0.1, 0.15) is 0 Å². The third-order valence-electron chi connectivity index (χ3n) is 5.66. The smallest absolute Gasteiger partial charge is 0.252 e. The Kier molecular flexibility index (Phi) is 6.77. The first kappa shape index (κ1) is 22.3. The van der Waals surface area contributed by atoms with Gasteiger partial charge < -0.3 is 14.2 Å². The second-order valence-corrected chi connectivity index (χ2v) is 8.88. The summed E-state index contributed by atoms with van der Waals surface area (Å²) in [5.41, 5.74) is 4.08. The molecule has 2 heterocycles. The maximum absolute atomic E-state index is 13.3. The lowest BCUT2D eigenvalue weighted by atomic mass is 10.1. The molecule has 1 saturated heterocycles. The first-order valence-electron chi connectivity index (χ1n) is 10.7. The Balaban J connectivity index is 1.64. The number of carbonyl (C=O) groups is 1. The standard InChI is InChI=1S/C25H28N2O4S/c1-16-7-8-17(2)24-23(16)26-25(32-24)27(15-19-6-5-13-31-19)22(28)12-10-18-9-11-20(29-3)21(14-18)30-4/h7-12,14,19H,5-6,13,15H2,1-4H3/b12-10+. The van der Waals surface area contributed by atoms with Crippen LogP contribution in [-0.2, 0) is 9.53 Å². The van der Waals surface area contributed by atoms with E-state index in [1.165, 1.54) is 5.56 Å². The summed E-state index contributed by atoms with van der Waals surface area (Å²) in [7, 11) is 3.19. The molecule has 0 saturated carbocycles. The highest BCUT2D eigenvalue weighted by molar-refractivity contribution is 7.22. The first-order chi connectivity index (χ1) is 15.5. The third-order valence-corrected chi connectivity index (χ3v) is 6.88. The van der Waals surface area contributed by atoms with Gasteiger partial charge in [-0.1, -0.05) is 29.5 Å². The molecule has 1 amide bonds. The van der Waals surface area contributed by atoms with E-state index in [1.54, 1.807) is 42.6 Å². The highest BCUT2D eigenvalue weighted by Gasteiger charge is 2.25. The molecule has 0 spiro atoms. The minimum atomic E-state index is -0.121. The average Bonchev–Trinajstić information content (AvgIpc) is 3.48. The number of nitrogens with zero attached hydrogens (tertiary/aromatic N) is 2. The van der Waals surface area contributed by atoms with E-state index in [0.717, 1.165) is 40.8 Å². The van der Waals surface area contributed by atoms with Crippen LogP contribution in [0, 0.1) is 13.8 Å². The van der Waals surface area contributed by atoms with Crippen molar-refractivity contribution in [3.63, 3.8) is 0 Å². The number of thiazole rings is 1. The normalized spacial score (nSPS) is 16.1. The molecule has 2 aromatic carbocycles. The van der Waals surface area contributed by atoms with Crippen LogP contribution in [0.2, 0.25) is 0 Å². The topological polar surface area (TPSA) is 60.9 Å². The highest BCUT2D eigenvalue weighted by atomic mass is 32.1. The van der Waals surface area contributed by atoms with E-state index in [4.69, 9.17) is 19.2 Å². The van der Waals surface area contributed by atoms with Gasteiger partial charge in [-0.15, -0.1) is 0 Å². The van der Waals surface area contributed by atoms with Crippen LogP contribution in [0.4, 0.5) is 5.13 Å². The molecule has 168 valence electrons. The summed E-state index contributed by atoms with van der Waals surface area (Å²) in [5, 5.41) is 0.704. The molecule has 1 unspecified atom stereocenters. The van der Waals surface area contributed by atoms with Crippen LogP contribution >= 0.6 is 11.3 Å². The Labute approximate surface area is 192 Å². The number of rotatable bonds is 7. The summed E-state index contributed by atoms with van der Waals surface area (Å²) in [6, 6.07) is 9.73. The van der Waals surface area contributed by atoms with Crippen molar-refractivity contribution >= 4 is 38.7 Å². The summed E-state index contributed by atoms with van der Waals surface area (Å²) in [4.78, 5) is 19.9. The van der Waals surface area contributed by atoms with Gasteiger partial charge in [0, 0.05) is 12.7 Å². The van der Waals surface area contributed by atoms with E-state index in [2.05, 4.69) is 26.0 Å². The molecule has 1 aliphatic heterocycles. The molecule has 7 heteroatoms. The van der Waals surface area contributed by atoms with Crippen molar-refractivity contribution in [2.75, 3.05) is 32.3 Å². The largest absolute Gasteiger partial charge is 0.493 e. The maximum Gasteiger partial charge on any atom is 0.252 e. The van der Waals surface area contributed by atoms with Crippen molar-refractivity contribution in [3.8, 4) is 11.5 Å². The monoisotopic (exact) mass is 452 g/mol. The van der Waals surface area contributed by atoms with Gasteiger partial charge in [-0.2, -0.15) is 0 Å². The van der Waals surface area contributed by atoms with E-state index in [-0.39, 0.29) is 12.0 Å². The van der Waals surface area contributed by atoms with Crippen molar-refractivity contribution in [2.45, 2.75) is 32.8 Å². The summed E-state index contributed by atoms with van der Waals surface area (Å²) >= 11 is 1.56. The first-order valence-corrected chi connectivity index (χ1v) is 11.5. The van der Waals surface area contributed by atoms with Crippen molar-refractivity contribution in [1.82, 2.24) is 4.98 Å². The molecule has 1 aliphatic rings. The van der Waals surface area contributed by atoms with E-state index < -0.39 is 0 Å². The molecule has 1 atom stereocenters. The van der Waals surface area contributed by atoms with E-state index in [0.29, 0.717) is 23.2 Å². The fraction of sp³-hybridized carbons (Fsp3) is 0.360. The van der Waals surface area contributed by atoms with Crippen LogP contribution in [0.5, 0.6) is 11.5 Å². The summed E-state index contributed by atoms with van der Waals surface area (Å²) in [6.45, 7) is 5.36. The Bertz CT molecular complexity index is 1110. The molecule has 0 aliphatic carbocycles. The zero-order valence-electron chi connectivity index (χ0n) is 18.9. The molecular formula is C25H28N2O4S. The number of amides is 1. The van der Waals surface area contributed by atoms with Gasteiger partial charge in [0.15, 0.2) is 16.6 Å². The highest BCUT2D eigenvalue weighted by Crippen LogP contribution is 2.34. The van der Waals surface area contributed by atoms with E-state index in [1.807, 2.05) is 18.2 Å². The zero-order chi connectivity index (χ0) is 22.7. The Morgan fingerprint density at radius 3 is 2.66 bits per heavy atom. The summed E-state index contributed by atoms with van der Waals surface area (Å²) < 4.78 is 17.6. The molecule has 0 N–H and O–H groups in total. The number of benzene rings is 2. The second kappa shape index (κ2) is 9.71. The SMILES string of the molecule is COc1ccc(/C=C/C(=O)N(CC2CCCO2)c2nc3c(C)ccc(C)c3s2)cc1OC. The minimum Gasteiger partial charge on any atom is -0.493 e. The minimum absolute atomic E-state index is 0.0302. The van der Waals surface area contributed by atoms with E-state index in [9.17, 15) is 4.79 Å². The number of anilines is 1. The van der Waals surface area contributed by atoms with Crippen molar-refractivity contribution < 1.29 is 19.0 Å². The van der Waals surface area contributed by atoms with Crippen molar-refractivity contribution in [2.24, 2.45) is 0 Å². The lowest BCUT2D eigenvalue weighted by Crippen LogP contribution is -2.36. The third kappa shape index (κ3) is 4.64. The number of carbonyl (C=O) groups excluding carboxylic acids is 1. The Morgan fingerprint density at radius 1 is 1.19 bits per heavy atom. The van der Waals surface area contributed by atoms with Crippen molar-refractivity contribution in [1.29, 1.82) is 0 Å². The quantitative estimate of drug-likeness (QED) is 0.464. The molecule has 3 aromatic rings. The second-order valence-electron chi connectivity index (χ2n) is 7.91. The van der Waals surface area contributed by atoms with Gasteiger partial charge in [-0.3, -0.25) is 9.69 Å². The van der Waals surface area contributed by atoms with Gasteiger partial charge in [-0.25, -0.2) is 4.98 Å². The molecule has 0 radical (unpaired) electrons. The number of ether oxygens (including phenoxy) is 3. The van der Waals surface area contributed by atoms with Crippen LogP contribution in [0.1, 0.15) is 29.5 Å². The summed E-state index contributed by atoms with van der Waals surface area (Å²) in [5.74, 6) is 1.15. The predicted molar refractivity (Wildman–Crippen MR) is 129 cm³/mol. The van der Waals surface area contributed by atoms with Gasteiger partial charge in [0.2, 0.25) is 0 Å². The van der Waals surface area contributed by atoms with Gasteiger partial charge >= 0.3 is 0 Å². The number of methoxy groups -OCH3 is 2. The lowest BCUT2D eigenvalue weighted by molar-refractivity contribution is -0.114. The summed E-state index contributed by atoms with van der Waals surface area (Å²) in [6.07, 6.45) is 5.37. The number of aryl methyl sites for hydroxylation is 2. The fourth-order valence-electron chi connectivity index (χ4n) is 3.83. The van der Waals surface area contributed by atoms with E-state index >= 15 is 0 Å². The average molecular weight is 453 g/mol. The van der Waals surface area contributed by atoms with Crippen molar-refractivity contribution in [3.05, 3.63) is 53.1 Å². The predicted octanol–water partition coefficient (Wildman–Crippen LogP) is 5.16. The molecule has 4 rings (SSSR count). The van der Waals surface area contributed by atoms with Crippen LogP contribution in [0.15, 0.2) is 36.4 Å². The number of fused-ring (bicyclic) bond motifs is 1. The van der Waals surface area contributed by atoms with Gasteiger partial charge in [0.05, 0.1) is 37.1 Å². The number of aromatic nitrogens is 1. The van der Waals surface area contributed by atoms with Crippen LogP contribution in [0.25, 0.3) is 16.3 Å². The maximum atomic E-state index is 13.3. The number of hydrogen-bond acceptors (Lipinski definition) is 6. The van der Waals surface area contributed by atoms with Crippen LogP contribution in [0.3, 0.4) is 0 Å². The molecule has 32 heavy (non-hydrogen) atoms. The Hall–Kier alpha value is -2.90. The molecule has 6 nitrogen and oxygen atoms in total. The molecule has 1 fully saturated rings.